The first-order valence-electron chi connectivity index (χ1n) is 18.8. The Labute approximate surface area is 253 Å². The Balaban J connectivity index is 2.44. The Kier molecular flexibility index (Phi) is 26.4. The van der Waals surface area contributed by atoms with Crippen LogP contribution < -0.4 is 0 Å². The second kappa shape index (κ2) is 28.3. The predicted octanol–water partition coefficient (Wildman–Crippen LogP) is 13.9. The van der Waals surface area contributed by atoms with E-state index in [0.717, 1.165) is 0 Å². The summed E-state index contributed by atoms with van der Waals surface area (Å²) in [6.07, 6.45) is 45.2. The van der Waals surface area contributed by atoms with Crippen molar-refractivity contribution >= 4 is 0 Å². The molecule has 1 aromatic heterocycles. The zero-order valence-electron chi connectivity index (χ0n) is 28.2. The van der Waals surface area contributed by atoms with E-state index in [4.69, 9.17) is 4.98 Å². The van der Waals surface area contributed by atoms with Gasteiger partial charge >= 0.3 is 0 Å². The second-order valence-electron chi connectivity index (χ2n) is 13.2. The Bertz CT molecular complexity index is 621. The lowest BCUT2D eigenvalue weighted by Crippen LogP contribution is -2.13. The largest absolute Gasteiger partial charge is 0.332 e. The van der Waals surface area contributed by atoms with Crippen molar-refractivity contribution in [3.8, 4) is 0 Å². The first kappa shape index (κ1) is 37.2. The SMILES string of the molecule is CCCCCCCCCCCCC(CCCCCCCCC)c1nccn1C(C)CCCCCCCCCCC. The third-order valence-electron chi connectivity index (χ3n) is 9.33. The quantitative estimate of drug-likeness (QED) is 0.0828. The van der Waals surface area contributed by atoms with Crippen molar-refractivity contribution in [3.05, 3.63) is 18.2 Å². The summed E-state index contributed by atoms with van der Waals surface area (Å²) in [6.45, 7) is 9.38. The summed E-state index contributed by atoms with van der Waals surface area (Å²) in [6, 6.07) is 0.589. The summed E-state index contributed by atoms with van der Waals surface area (Å²) < 4.78 is 2.58. The van der Waals surface area contributed by atoms with E-state index < -0.39 is 0 Å². The molecule has 1 heterocycles. The topological polar surface area (TPSA) is 17.8 Å². The molecule has 40 heavy (non-hydrogen) atoms. The Morgan fingerprint density at radius 2 is 0.800 bits per heavy atom. The van der Waals surface area contributed by atoms with Crippen LogP contribution in [0.15, 0.2) is 12.4 Å². The van der Waals surface area contributed by atoms with Crippen LogP contribution in [0, 0.1) is 0 Å². The molecule has 0 bridgehead atoms. The van der Waals surface area contributed by atoms with E-state index in [2.05, 4.69) is 44.7 Å². The van der Waals surface area contributed by atoms with E-state index in [9.17, 15) is 0 Å². The van der Waals surface area contributed by atoms with Crippen LogP contribution in [0.3, 0.4) is 0 Å². The van der Waals surface area contributed by atoms with E-state index in [1.807, 2.05) is 0 Å². The van der Waals surface area contributed by atoms with Crippen molar-refractivity contribution in [2.45, 2.75) is 226 Å². The highest BCUT2D eigenvalue weighted by Gasteiger charge is 2.19. The van der Waals surface area contributed by atoms with Crippen LogP contribution in [0.1, 0.15) is 232 Å². The molecule has 0 N–H and O–H groups in total. The number of nitrogens with zero attached hydrogens (tertiary/aromatic N) is 2. The molecule has 0 aliphatic rings. The number of aromatic nitrogens is 2. The van der Waals surface area contributed by atoms with Crippen molar-refractivity contribution < 1.29 is 0 Å². The van der Waals surface area contributed by atoms with Gasteiger partial charge in [0.25, 0.3) is 0 Å². The maximum absolute atomic E-state index is 5.00. The highest BCUT2D eigenvalue weighted by atomic mass is 15.1. The average Bonchev–Trinajstić information content (AvgIpc) is 3.45. The fourth-order valence-corrected chi connectivity index (χ4v) is 6.53. The third-order valence-corrected chi connectivity index (χ3v) is 9.33. The van der Waals surface area contributed by atoms with Gasteiger partial charge in [-0.1, -0.05) is 188 Å². The van der Waals surface area contributed by atoms with E-state index in [1.54, 1.807) is 0 Å². The fraction of sp³-hybridized carbons (Fsp3) is 0.921. The second-order valence-corrected chi connectivity index (χ2v) is 13.2. The molecule has 236 valence electrons. The summed E-state index contributed by atoms with van der Waals surface area (Å²) in [5.74, 6) is 2.07. The first-order valence-corrected chi connectivity index (χ1v) is 18.8. The van der Waals surface area contributed by atoms with Crippen molar-refractivity contribution in [2.75, 3.05) is 0 Å². The molecule has 0 saturated carbocycles. The molecule has 0 saturated heterocycles. The molecule has 0 aliphatic heterocycles. The zero-order valence-corrected chi connectivity index (χ0v) is 28.2. The molecule has 0 spiro atoms. The molecule has 0 fully saturated rings. The summed E-state index contributed by atoms with van der Waals surface area (Å²) in [5, 5.41) is 0. The minimum Gasteiger partial charge on any atom is -0.332 e. The van der Waals surface area contributed by atoms with Crippen molar-refractivity contribution in [3.63, 3.8) is 0 Å². The number of unbranched alkanes of at least 4 members (excludes halogenated alkanes) is 23. The normalized spacial score (nSPS) is 13.2. The Morgan fingerprint density at radius 3 is 1.18 bits per heavy atom. The standard InChI is InChI=1S/C38H74N2/c1-5-8-11-14-17-19-21-24-27-30-33-37(32-29-26-22-16-13-10-7-3)38-39-34-35-40(38)36(4)31-28-25-23-20-18-15-12-9-6-2/h34-37H,5-33H2,1-4H3. The predicted molar refractivity (Wildman–Crippen MR) is 181 cm³/mol. The lowest BCUT2D eigenvalue weighted by molar-refractivity contribution is 0.412. The van der Waals surface area contributed by atoms with Crippen molar-refractivity contribution in [2.24, 2.45) is 0 Å². The molecule has 1 aromatic rings. The van der Waals surface area contributed by atoms with Crippen LogP contribution >= 0.6 is 0 Å². The van der Waals surface area contributed by atoms with Crippen LogP contribution in [0.25, 0.3) is 0 Å². The monoisotopic (exact) mass is 559 g/mol. The molecule has 0 radical (unpaired) electrons. The lowest BCUT2D eigenvalue weighted by Gasteiger charge is -2.22. The third kappa shape index (κ3) is 20.1. The van der Waals surface area contributed by atoms with Crippen LogP contribution in [-0.4, -0.2) is 9.55 Å². The van der Waals surface area contributed by atoms with Gasteiger partial charge in [-0.05, 0) is 26.2 Å². The summed E-state index contributed by atoms with van der Waals surface area (Å²) in [7, 11) is 0. The first-order chi connectivity index (χ1) is 19.7. The van der Waals surface area contributed by atoms with Gasteiger partial charge < -0.3 is 4.57 Å². The number of imidazole rings is 1. The van der Waals surface area contributed by atoms with Crippen LogP contribution in [-0.2, 0) is 0 Å². The van der Waals surface area contributed by atoms with Gasteiger partial charge in [0.1, 0.15) is 5.82 Å². The van der Waals surface area contributed by atoms with Gasteiger partial charge in [0.15, 0.2) is 0 Å². The van der Waals surface area contributed by atoms with E-state index in [1.165, 1.54) is 192 Å². The molecule has 2 nitrogen and oxygen atoms in total. The maximum Gasteiger partial charge on any atom is 0.111 e. The van der Waals surface area contributed by atoms with Gasteiger partial charge in [0.2, 0.25) is 0 Å². The lowest BCUT2D eigenvalue weighted by atomic mass is 9.92. The Hall–Kier alpha value is -0.790. The number of hydrogen-bond acceptors (Lipinski definition) is 1. The highest BCUT2D eigenvalue weighted by molar-refractivity contribution is 5.02. The molecule has 2 atom stereocenters. The summed E-state index contributed by atoms with van der Waals surface area (Å²) in [5.41, 5.74) is 0. The zero-order chi connectivity index (χ0) is 28.9. The van der Waals surface area contributed by atoms with E-state index in [0.29, 0.717) is 12.0 Å². The van der Waals surface area contributed by atoms with Crippen LogP contribution in [0.5, 0.6) is 0 Å². The van der Waals surface area contributed by atoms with E-state index >= 15 is 0 Å². The van der Waals surface area contributed by atoms with Gasteiger partial charge in [-0.3, -0.25) is 0 Å². The molecule has 0 amide bonds. The van der Waals surface area contributed by atoms with Gasteiger partial charge in [-0.25, -0.2) is 4.98 Å². The van der Waals surface area contributed by atoms with Gasteiger partial charge in [0.05, 0.1) is 0 Å². The molecule has 1 rings (SSSR count). The minimum atomic E-state index is 0.589. The van der Waals surface area contributed by atoms with Gasteiger partial charge in [-0.15, -0.1) is 0 Å². The summed E-state index contributed by atoms with van der Waals surface area (Å²) >= 11 is 0. The fourth-order valence-electron chi connectivity index (χ4n) is 6.53. The van der Waals surface area contributed by atoms with Crippen molar-refractivity contribution in [1.82, 2.24) is 9.55 Å². The van der Waals surface area contributed by atoms with E-state index in [-0.39, 0.29) is 0 Å². The molecular formula is C38H74N2. The van der Waals surface area contributed by atoms with Crippen molar-refractivity contribution in [1.29, 1.82) is 0 Å². The average molecular weight is 559 g/mol. The smallest absolute Gasteiger partial charge is 0.111 e. The van der Waals surface area contributed by atoms with Gasteiger partial charge in [-0.2, -0.15) is 0 Å². The Morgan fingerprint density at radius 1 is 0.475 bits per heavy atom. The molecular weight excluding hydrogens is 484 g/mol. The van der Waals surface area contributed by atoms with Gasteiger partial charge in [0, 0.05) is 24.4 Å². The number of rotatable bonds is 31. The molecule has 0 aromatic carbocycles. The molecule has 0 aliphatic carbocycles. The molecule has 2 unspecified atom stereocenters. The maximum atomic E-state index is 5.00. The molecule has 2 heteroatoms. The highest BCUT2D eigenvalue weighted by Crippen LogP contribution is 2.31. The minimum absolute atomic E-state index is 0.589. The van der Waals surface area contributed by atoms with Crippen LogP contribution in [0.4, 0.5) is 0 Å². The number of hydrogen-bond donors (Lipinski definition) is 0. The summed E-state index contributed by atoms with van der Waals surface area (Å²) in [4.78, 5) is 5.00. The van der Waals surface area contributed by atoms with Crippen LogP contribution in [0.2, 0.25) is 0 Å².